The van der Waals surface area contributed by atoms with Crippen molar-refractivity contribution in [2.24, 2.45) is 0 Å². The van der Waals surface area contributed by atoms with Crippen LogP contribution in [-0.2, 0) is 11.2 Å². The molecular weight excluding hydrogens is 444 g/mol. The summed E-state index contributed by atoms with van der Waals surface area (Å²) >= 11 is 6.06. The van der Waals surface area contributed by atoms with Crippen molar-refractivity contribution in [1.29, 1.82) is 0 Å². The number of anilines is 1. The van der Waals surface area contributed by atoms with Gasteiger partial charge < -0.3 is 15.0 Å². The molecule has 0 aromatic heterocycles. The Balaban J connectivity index is 1.18. The number of nitrogens with zero attached hydrogens (tertiary/aromatic N) is 1. The zero-order chi connectivity index (χ0) is 21.3. The van der Waals surface area contributed by atoms with Crippen LogP contribution in [0.3, 0.4) is 0 Å². The van der Waals surface area contributed by atoms with Crippen molar-refractivity contribution in [2.75, 3.05) is 54.6 Å². The quantitative estimate of drug-likeness (QED) is 0.570. The lowest BCUT2D eigenvalue weighted by Gasteiger charge is -2.26. The number of carbonyl (C=O) groups is 1. The molecule has 2 aliphatic rings. The van der Waals surface area contributed by atoms with E-state index >= 15 is 0 Å². The molecular formula is C24H30N2O2S3. The van der Waals surface area contributed by atoms with Crippen molar-refractivity contribution < 1.29 is 9.53 Å². The molecule has 2 aromatic carbocycles. The summed E-state index contributed by atoms with van der Waals surface area (Å²) in [4.78, 5) is 14.8. The van der Waals surface area contributed by atoms with E-state index in [0.717, 1.165) is 24.4 Å². The number of rotatable bonds is 8. The number of ether oxygens (including phenoxy) is 1. The molecule has 1 amide bonds. The van der Waals surface area contributed by atoms with Gasteiger partial charge in [0.05, 0.1) is 4.58 Å². The minimum Gasteiger partial charge on any atom is -0.484 e. The molecule has 0 unspecified atom stereocenters. The van der Waals surface area contributed by atoms with E-state index in [1.807, 2.05) is 59.6 Å². The molecule has 4 nitrogen and oxygen atoms in total. The topological polar surface area (TPSA) is 41.6 Å². The summed E-state index contributed by atoms with van der Waals surface area (Å²) in [6.45, 7) is 3.51. The van der Waals surface area contributed by atoms with E-state index in [9.17, 15) is 4.79 Å². The molecule has 31 heavy (non-hydrogen) atoms. The third kappa shape index (κ3) is 7.38. The van der Waals surface area contributed by atoms with Crippen LogP contribution < -0.4 is 10.1 Å². The van der Waals surface area contributed by atoms with Crippen LogP contribution in [0.4, 0.5) is 5.69 Å². The fraction of sp³-hybridized carbons (Fsp3) is 0.458. The first kappa shape index (κ1) is 22.9. The highest BCUT2D eigenvalue weighted by molar-refractivity contribution is 8.16. The average Bonchev–Trinajstić information content (AvgIpc) is 2.84. The highest BCUT2D eigenvalue weighted by Crippen LogP contribution is 2.43. The summed E-state index contributed by atoms with van der Waals surface area (Å²) in [6.07, 6.45) is 2.35. The van der Waals surface area contributed by atoms with Gasteiger partial charge in [-0.1, -0.05) is 24.3 Å². The van der Waals surface area contributed by atoms with Gasteiger partial charge in [-0.05, 0) is 59.7 Å². The highest BCUT2D eigenvalue weighted by atomic mass is 32.2. The predicted molar refractivity (Wildman–Crippen MR) is 137 cm³/mol. The Bertz CT molecular complexity index is 818. The minimum absolute atomic E-state index is 0.0149. The van der Waals surface area contributed by atoms with Crippen molar-refractivity contribution >= 4 is 46.9 Å². The number of benzene rings is 2. The third-order valence-electron chi connectivity index (χ3n) is 5.41. The second-order valence-electron chi connectivity index (χ2n) is 7.73. The molecule has 0 spiro atoms. The molecule has 0 saturated carbocycles. The zero-order valence-corrected chi connectivity index (χ0v) is 20.2. The SMILES string of the molecule is O=C(COc1ccc(C2SCCCS2)cc1)Nc1ccc(CCN2CCSCC2)cc1. The van der Waals surface area contributed by atoms with Gasteiger partial charge in [-0.3, -0.25) is 4.79 Å². The van der Waals surface area contributed by atoms with Crippen LogP contribution in [-0.4, -0.2) is 60.1 Å². The number of nitrogens with one attached hydrogen (secondary N) is 1. The number of thioether (sulfide) groups is 3. The van der Waals surface area contributed by atoms with Crippen LogP contribution >= 0.6 is 35.3 Å². The summed E-state index contributed by atoms with van der Waals surface area (Å²) in [5, 5.41) is 2.92. The molecule has 2 aromatic rings. The minimum atomic E-state index is -0.138. The molecule has 0 radical (unpaired) electrons. The summed E-state index contributed by atoms with van der Waals surface area (Å²) in [5.74, 6) is 5.55. The van der Waals surface area contributed by atoms with E-state index < -0.39 is 0 Å². The second kappa shape index (κ2) is 12.1. The van der Waals surface area contributed by atoms with E-state index in [1.54, 1.807) is 0 Å². The molecule has 2 aliphatic heterocycles. The molecule has 4 rings (SSSR count). The van der Waals surface area contributed by atoms with E-state index in [1.165, 1.54) is 53.6 Å². The first-order valence-corrected chi connectivity index (χ1v) is 14.2. The Morgan fingerprint density at radius 2 is 1.68 bits per heavy atom. The van der Waals surface area contributed by atoms with Crippen LogP contribution in [0, 0.1) is 0 Å². The van der Waals surface area contributed by atoms with Crippen LogP contribution in [0.25, 0.3) is 0 Å². The standard InChI is InChI=1S/C24H30N2O2S3/c27-23(18-28-22-8-4-20(5-9-22)24-30-14-1-15-31-24)25-21-6-2-19(3-7-21)10-11-26-12-16-29-17-13-26/h2-9,24H,1,10-18H2,(H,25,27). The number of hydrogen-bond donors (Lipinski definition) is 1. The van der Waals surface area contributed by atoms with Gasteiger partial charge in [-0.15, -0.1) is 23.5 Å². The van der Waals surface area contributed by atoms with Crippen LogP contribution in [0.5, 0.6) is 5.75 Å². The molecule has 0 atom stereocenters. The lowest BCUT2D eigenvalue weighted by atomic mass is 10.1. The zero-order valence-electron chi connectivity index (χ0n) is 17.8. The Morgan fingerprint density at radius 1 is 0.968 bits per heavy atom. The predicted octanol–water partition coefficient (Wildman–Crippen LogP) is 5.16. The molecule has 2 saturated heterocycles. The number of hydrogen-bond acceptors (Lipinski definition) is 6. The molecule has 0 bridgehead atoms. The summed E-state index contributed by atoms with van der Waals surface area (Å²) < 4.78 is 6.20. The van der Waals surface area contributed by atoms with Crippen molar-refractivity contribution in [3.8, 4) is 5.75 Å². The van der Waals surface area contributed by atoms with Crippen molar-refractivity contribution in [1.82, 2.24) is 4.90 Å². The normalized spacial score (nSPS) is 17.9. The van der Waals surface area contributed by atoms with Crippen LogP contribution in [0.15, 0.2) is 48.5 Å². The Hall–Kier alpha value is -1.28. The van der Waals surface area contributed by atoms with Crippen molar-refractivity contribution in [3.05, 3.63) is 59.7 Å². The monoisotopic (exact) mass is 474 g/mol. The van der Waals surface area contributed by atoms with Crippen molar-refractivity contribution in [3.63, 3.8) is 0 Å². The van der Waals surface area contributed by atoms with E-state index in [2.05, 4.69) is 34.5 Å². The first-order valence-electron chi connectivity index (χ1n) is 10.9. The number of amides is 1. The molecule has 7 heteroatoms. The Labute approximate surface area is 198 Å². The lowest BCUT2D eigenvalue weighted by Crippen LogP contribution is -2.34. The van der Waals surface area contributed by atoms with Gasteiger partial charge >= 0.3 is 0 Å². The van der Waals surface area contributed by atoms with Gasteiger partial charge in [0.25, 0.3) is 5.91 Å². The summed E-state index contributed by atoms with van der Waals surface area (Å²) in [7, 11) is 0. The largest absolute Gasteiger partial charge is 0.484 e. The van der Waals surface area contributed by atoms with Gasteiger partial charge in [0.1, 0.15) is 5.75 Å². The average molecular weight is 475 g/mol. The lowest BCUT2D eigenvalue weighted by molar-refractivity contribution is -0.118. The fourth-order valence-electron chi connectivity index (χ4n) is 3.61. The molecule has 166 valence electrons. The Morgan fingerprint density at radius 3 is 2.39 bits per heavy atom. The molecule has 0 aliphatic carbocycles. The van der Waals surface area contributed by atoms with Crippen LogP contribution in [0.1, 0.15) is 22.1 Å². The summed E-state index contributed by atoms with van der Waals surface area (Å²) in [5.41, 5.74) is 3.45. The smallest absolute Gasteiger partial charge is 0.262 e. The van der Waals surface area contributed by atoms with Gasteiger partial charge in [-0.2, -0.15) is 11.8 Å². The highest BCUT2D eigenvalue weighted by Gasteiger charge is 2.16. The maximum Gasteiger partial charge on any atom is 0.262 e. The van der Waals surface area contributed by atoms with E-state index in [0.29, 0.717) is 4.58 Å². The number of carbonyl (C=O) groups excluding carboxylic acids is 1. The second-order valence-corrected chi connectivity index (χ2v) is 11.7. The van der Waals surface area contributed by atoms with E-state index in [-0.39, 0.29) is 12.5 Å². The molecule has 2 fully saturated rings. The van der Waals surface area contributed by atoms with Crippen LogP contribution in [0.2, 0.25) is 0 Å². The van der Waals surface area contributed by atoms with Gasteiger partial charge in [-0.25, -0.2) is 0 Å². The van der Waals surface area contributed by atoms with Crippen molar-refractivity contribution in [2.45, 2.75) is 17.4 Å². The summed E-state index contributed by atoms with van der Waals surface area (Å²) in [6, 6.07) is 16.3. The maximum atomic E-state index is 12.3. The third-order valence-corrected chi connectivity index (χ3v) is 9.37. The Kier molecular flexibility index (Phi) is 8.93. The van der Waals surface area contributed by atoms with Gasteiger partial charge in [0.15, 0.2) is 6.61 Å². The first-order chi connectivity index (χ1) is 15.3. The molecule has 1 N–H and O–H groups in total. The van der Waals surface area contributed by atoms with Gasteiger partial charge in [0.2, 0.25) is 0 Å². The van der Waals surface area contributed by atoms with E-state index in [4.69, 9.17) is 4.74 Å². The fourth-order valence-corrected chi connectivity index (χ4v) is 7.49. The maximum absolute atomic E-state index is 12.3. The van der Waals surface area contributed by atoms with Gasteiger partial charge in [0, 0.05) is 36.8 Å². The molecule has 2 heterocycles.